The first kappa shape index (κ1) is 18.3. The molecule has 3 nitrogen and oxygen atoms in total. The highest BCUT2D eigenvalue weighted by molar-refractivity contribution is 6.30. The number of rotatable bonds is 6. The number of carbonyl (C=O) groups is 1. The quantitative estimate of drug-likeness (QED) is 0.678. The monoisotopic (exact) mass is 346 g/mol. The van der Waals surface area contributed by atoms with Crippen LogP contribution < -0.4 is 4.74 Å². The van der Waals surface area contributed by atoms with Crippen molar-refractivity contribution < 1.29 is 14.3 Å². The highest BCUT2D eigenvalue weighted by Crippen LogP contribution is 2.24. The van der Waals surface area contributed by atoms with E-state index >= 15 is 0 Å². The Kier molecular flexibility index (Phi) is 6.27. The minimum Gasteiger partial charge on any atom is -0.493 e. The molecule has 0 heterocycles. The predicted octanol–water partition coefficient (Wildman–Crippen LogP) is 5.15. The third-order valence-corrected chi connectivity index (χ3v) is 3.86. The molecule has 0 aliphatic carbocycles. The Morgan fingerprint density at radius 2 is 1.62 bits per heavy atom. The fourth-order valence-corrected chi connectivity index (χ4v) is 2.25. The largest absolute Gasteiger partial charge is 0.493 e. The van der Waals surface area contributed by atoms with E-state index in [0.29, 0.717) is 11.6 Å². The topological polar surface area (TPSA) is 35.5 Å². The van der Waals surface area contributed by atoms with E-state index in [4.69, 9.17) is 21.1 Å². The third kappa shape index (κ3) is 5.89. The van der Waals surface area contributed by atoms with Crippen LogP contribution in [0.2, 0.25) is 5.02 Å². The number of hydrogen-bond donors (Lipinski definition) is 0. The molecule has 0 amide bonds. The van der Waals surface area contributed by atoms with Crippen molar-refractivity contribution >= 4 is 17.6 Å². The fraction of sp³-hybridized carbons (Fsp3) is 0.350. The molecule has 24 heavy (non-hydrogen) atoms. The van der Waals surface area contributed by atoms with Crippen LogP contribution in [-0.4, -0.2) is 12.6 Å². The van der Waals surface area contributed by atoms with Crippen molar-refractivity contribution in [2.24, 2.45) is 0 Å². The summed E-state index contributed by atoms with van der Waals surface area (Å²) >= 11 is 5.81. The van der Waals surface area contributed by atoms with Gasteiger partial charge in [-0.25, -0.2) is 0 Å². The second-order valence-electron chi connectivity index (χ2n) is 6.66. The van der Waals surface area contributed by atoms with Gasteiger partial charge in [-0.05, 0) is 40.8 Å². The van der Waals surface area contributed by atoms with Crippen LogP contribution in [0.25, 0.3) is 0 Å². The molecule has 0 aromatic heterocycles. The summed E-state index contributed by atoms with van der Waals surface area (Å²) in [5.74, 6) is 0.477. The lowest BCUT2D eigenvalue weighted by atomic mass is 9.87. The molecule has 0 N–H and O–H groups in total. The van der Waals surface area contributed by atoms with Gasteiger partial charge >= 0.3 is 5.97 Å². The Bertz CT molecular complexity index is 655. The smallest absolute Gasteiger partial charge is 0.309 e. The first-order valence-corrected chi connectivity index (χ1v) is 8.36. The van der Waals surface area contributed by atoms with Gasteiger partial charge in [0.2, 0.25) is 0 Å². The van der Waals surface area contributed by atoms with E-state index in [-0.39, 0.29) is 24.4 Å². The maximum Gasteiger partial charge on any atom is 0.309 e. The number of esters is 1. The van der Waals surface area contributed by atoms with E-state index in [9.17, 15) is 4.79 Å². The lowest BCUT2D eigenvalue weighted by molar-refractivity contribution is -0.145. The molecule has 0 saturated carbocycles. The standard InChI is InChI=1S/C20H23ClO3/c1-20(2,3)16-6-10-18(11-7-16)23-13-12-19(22)24-14-15-4-8-17(21)9-5-15/h4-11H,12-14H2,1-3H3. The maximum absolute atomic E-state index is 11.7. The van der Waals surface area contributed by atoms with Crippen molar-refractivity contribution in [2.75, 3.05) is 6.61 Å². The normalized spacial score (nSPS) is 11.2. The van der Waals surface area contributed by atoms with Crippen molar-refractivity contribution in [3.8, 4) is 5.75 Å². The summed E-state index contributed by atoms with van der Waals surface area (Å²) in [6.07, 6.45) is 0.217. The van der Waals surface area contributed by atoms with Gasteiger partial charge in [0.1, 0.15) is 12.4 Å². The van der Waals surface area contributed by atoms with Crippen molar-refractivity contribution in [3.05, 3.63) is 64.7 Å². The van der Waals surface area contributed by atoms with E-state index < -0.39 is 0 Å². The zero-order chi connectivity index (χ0) is 17.6. The molecule has 0 saturated heterocycles. The minimum atomic E-state index is -0.281. The van der Waals surface area contributed by atoms with Gasteiger partial charge in [-0.2, -0.15) is 0 Å². The number of hydrogen-bond acceptors (Lipinski definition) is 3. The van der Waals surface area contributed by atoms with Crippen molar-refractivity contribution in [1.82, 2.24) is 0 Å². The molecule has 0 atom stereocenters. The van der Waals surface area contributed by atoms with E-state index in [1.165, 1.54) is 5.56 Å². The Balaban J connectivity index is 1.71. The molecule has 4 heteroatoms. The van der Waals surface area contributed by atoms with E-state index in [2.05, 4.69) is 20.8 Å². The van der Waals surface area contributed by atoms with Crippen molar-refractivity contribution in [1.29, 1.82) is 0 Å². The van der Waals surface area contributed by atoms with Crippen LogP contribution in [-0.2, 0) is 21.6 Å². The van der Waals surface area contributed by atoms with Crippen molar-refractivity contribution in [3.63, 3.8) is 0 Å². The second kappa shape index (κ2) is 8.20. The fourth-order valence-electron chi connectivity index (χ4n) is 2.12. The number of benzene rings is 2. The molecule has 128 valence electrons. The number of halogens is 1. The van der Waals surface area contributed by atoms with Gasteiger partial charge in [0.05, 0.1) is 13.0 Å². The lowest BCUT2D eigenvalue weighted by Crippen LogP contribution is -2.11. The Morgan fingerprint density at radius 1 is 1.00 bits per heavy atom. The summed E-state index contributed by atoms with van der Waals surface area (Å²) in [6.45, 7) is 7.04. The van der Waals surface area contributed by atoms with Crippen LogP contribution in [0, 0.1) is 0 Å². The molecule has 0 bridgehead atoms. The van der Waals surface area contributed by atoms with Gasteiger partial charge in [-0.3, -0.25) is 4.79 Å². The molecule has 0 fully saturated rings. The summed E-state index contributed by atoms with van der Waals surface area (Å²) in [5, 5.41) is 0.663. The number of ether oxygens (including phenoxy) is 2. The summed E-state index contributed by atoms with van der Waals surface area (Å²) in [5.41, 5.74) is 2.27. The molecule has 0 unspecified atom stereocenters. The molecule has 0 aliphatic heterocycles. The average Bonchev–Trinajstić information content (AvgIpc) is 2.54. The Morgan fingerprint density at radius 3 is 2.21 bits per heavy atom. The van der Waals surface area contributed by atoms with Gasteiger partial charge in [0.15, 0.2) is 0 Å². The van der Waals surface area contributed by atoms with Gasteiger partial charge in [0, 0.05) is 5.02 Å². The van der Waals surface area contributed by atoms with Crippen LogP contribution in [0.4, 0.5) is 0 Å². The van der Waals surface area contributed by atoms with Crippen LogP contribution in [0.3, 0.4) is 0 Å². The molecule has 0 radical (unpaired) electrons. The third-order valence-electron chi connectivity index (χ3n) is 3.61. The highest BCUT2D eigenvalue weighted by atomic mass is 35.5. The first-order chi connectivity index (χ1) is 11.3. The summed E-state index contributed by atoms with van der Waals surface area (Å²) in [4.78, 5) is 11.7. The van der Waals surface area contributed by atoms with Crippen LogP contribution in [0.5, 0.6) is 5.75 Å². The average molecular weight is 347 g/mol. The lowest BCUT2D eigenvalue weighted by Gasteiger charge is -2.19. The molecule has 0 spiro atoms. The van der Waals surface area contributed by atoms with Gasteiger partial charge in [0.25, 0.3) is 0 Å². The van der Waals surface area contributed by atoms with E-state index in [1.54, 1.807) is 12.1 Å². The molecule has 2 aromatic rings. The first-order valence-electron chi connectivity index (χ1n) is 7.98. The molecule has 2 rings (SSSR count). The molecule has 2 aromatic carbocycles. The van der Waals surface area contributed by atoms with E-state index in [1.807, 2.05) is 36.4 Å². The van der Waals surface area contributed by atoms with Crippen LogP contribution >= 0.6 is 11.6 Å². The molecule has 0 aliphatic rings. The molecular formula is C20H23ClO3. The van der Waals surface area contributed by atoms with Crippen LogP contribution in [0.15, 0.2) is 48.5 Å². The summed E-state index contributed by atoms with van der Waals surface area (Å²) < 4.78 is 10.8. The highest BCUT2D eigenvalue weighted by Gasteiger charge is 2.13. The number of carbonyl (C=O) groups excluding carboxylic acids is 1. The zero-order valence-corrected chi connectivity index (χ0v) is 15.1. The Hall–Kier alpha value is -2.00. The van der Waals surface area contributed by atoms with Gasteiger partial charge < -0.3 is 9.47 Å². The van der Waals surface area contributed by atoms with E-state index in [0.717, 1.165) is 11.3 Å². The van der Waals surface area contributed by atoms with Crippen molar-refractivity contribution in [2.45, 2.75) is 39.2 Å². The van der Waals surface area contributed by atoms with Crippen LogP contribution in [0.1, 0.15) is 38.3 Å². The summed E-state index contributed by atoms with van der Waals surface area (Å²) in [7, 11) is 0. The SMILES string of the molecule is CC(C)(C)c1ccc(OCCC(=O)OCc2ccc(Cl)cc2)cc1. The zero-order valence-electron chi connectivity index (χ0n) is 14.3. The second-order valence-corrected chi connectivity index (χ2v) is 7.10. The molecular weight excluding hydrogens is 324 g/mol. The minimum absolute atomic E-state index is 0.115. The Labute approximate surface area is 148 Å². The summed E-state index contributed by atoms with van der Waals surface area (Å²) in [6, 6.07) is 15.2. The van der Waals surface area contributed by atoms with Gasteiger partial charge in [-0.1, -0.05) is 56.6 Å². The maximum atomic E-state index is 11.7. The predicted molar refractivity (Wildman–Crippen MR) is 96.5 cm³/mol. The van der Waals surface area contributed by atoms with Gasteiger partial charge in [-0.15, -0.1) is 0 Å².